The molecule has 11 heavy (non-hydrogen) atoms. The number of hydrogen-bond acceptors (Lipinski definition) is 2. The Bertz CT molecular complexity index is 134. The van der Waals surface area contributed by atoms with E-state index in [1.165, 1.54) is 0 Å². The predicted molar refractivity (Wildman–Crippen MR) is 46.9 cm³/mol. The number of nitrogens with zero attached hydrogens (tertiary/aromatic N) is 1. The summed E-state index contributed by atoms with van der Waals surface area (Å²) in [5, 5.41) is 3.09. The van der Waals surface area contributed by atoms with E-state index in [9.17, 15) is 4.79 Å². The van der Waals surface area contributed by atoms with Crippen molar-refractivity contribution in [3.63, 3.8) is 0 Å². The second-order valence-electron chi connectivity index (χ2n) is 2.85. The van der Waals surface area contributed by atoms with Gasteiger partial charge in [0.2, 0.25) is 5.91 Å². The molecule has 1 rings (SSSR count). The topological polar surface area (TPSA) is 32.3 Å². The maximum absolute atomic E-state index is 10.7. The first-order chi connectivity index (χ1) is 4.74. The summed E-state index contributed by atoms with van der Waals surface area (Å²) in [5.41, 5.74) is 0. The second kappa shape index (κ2) is 4.57. The van der Waals surface area contributed by atoms with Crippen LogP contribution in [0.3, 0.4) is 0 Å². The molecule has 0 saturated carbocycles. The normalized spacial score (nSPS) is 17.1. The highest BCUT2D eigenvalue weighted by atomic mass is 35.5. The molecule has 0 spiro atoms. The number of amides is 1. The van der Waals surface area contributed by atoms with Gasteiger partial charge in [-0.2, -0.15) is 0 Å². The van der Waals surface area contributed by atoms with Gasteiger partial charge in [-0.25, -0.2) is 0 Å². The van der Waals surface area contributed by atoms with Crippen molar-refractivity contribution in [3.8, 4) is 0 Å². The molecule has 0 aromatic carbocycles. The Morgan fingerprint density at radius 3 is 2.55 bits per heavy atom. The van der Waals surface area contributed by atoms with Gasteiger partial charge in [0.15, 0.2) is 0 Å². The van der Waals surface area contributed by atoms with Crippen LogP contribution in [-0.4, -0.2) is 37.5 Å². The third kappa shape index (κ3) is 2.67. The maximum Gasteiger partial charge on any atom is 0.219 e. The Balaban J connectivity index is 0.000001000. The zero-order chi connectivity index (χ0) is 7.56. The van der Waals surface area contributed by atoms with Crippen molar-refractivity contribution in [2.75, 3.05) is 26.7 Å². The quantitative estimate of drug-likeness (QED) is 0.651. The number of hydrogen-bond donors (Lipinski definition) is 1. The molecule has 0 radical (unpaired) electrons. The first-order valence-electron chi connectivity index (χ1n) is 3.64. The summed E-state index contributed by atoms with van der Waals surface area (Å²) in [7, 11) is 1.94. The summed E-state index contributed by atoms with van der Waals surface area (Å²) in [4.78, 5) is 12.5. The number of nitrogens with one attached hydrogen (secondary N) is 1. The molecule has 0 bridgehead atoms. The van der Waals surface area contributed by atoms with Crippen LogP contribution in [0.25, 0.3) is 0 Å². The fourth-order valence-electron chi connectivity index (χ4n) is 1.24. The van der Waals surface area contributed by atoms with E-state index in [4.69, 9.17) is 0 Å². The van der Waals surface area contributed by atoms with E-state index in [-0.39, 0.29) is 18.3 Å². The van der Waals surface area contributed by atoms with Crippen LogP contribution in [0.2, 0.25) is 0 Å². The van der Waals surface area contributed by atoms with E-state index in [1.54, 1.807) is 6.92 Å². The highest BCUT2D eigenvalue weighted by Crippen LogP contribution is 2.13. The Labute approximate surface area is 73.5 Å². The van der Waals surface area contributed by atoms with Crippen LogP contribution >= 0.6 is 12.4 Å². The van der Waals surface area contributed by atoms with Crippen molar-refractivity contribution in [2.45, 2.75) is 6.92 Å². The number of carbonyl (C=O) groups excluding carboxylic acids is 1. The summed E-state index contributed by atoms with van der Waals surface area (Å²) in [6, 6.07) is 0. The van der Waals surface area contributed by atoms with E-state index in [2.05, 4.69) is 5.32 Å². The summed E-state index contributed by atoms with van der Waals surface area (Å²) in [6.07, 6.45) is 0. The van der Waals surface area contributed by atoms with Gasteiger partial charge in [0, 0.05) is 32.5 Å². The van der Waals surface area contributed by atoms with Gasteiger partial charge < -0.3 is 10.2 Å². The minimum absolute atomic E-state index is 0. The van der Waals surface area contributed by atoms with Crippen LogP contribution in [0.1, 0.15) is 6.92 Å². The molecule has 0 aromatic heterocycles. The molecular formula is C7H15ClN2O. The van der Waals surface area contributed by atoms with Gasteiger partial charge in [0.1, 0.15) is 0 Å². The first-order valence-corrected chi connectivity index (χ1v) is 3.64. The zero-order valence-electron chi connectivity index (χ0n) is 6.96. The monoisotopic (exact) mass is 178 g/mol. The van der Waals surface area contributed by atoms with Gasteiger partial charge in [0.25, 0.3) is 0 Å². The number of likely N-dealkylation sites (tertiary alicyclic amines) is 1. The molecule has 0 atom stereocenters. The van der Waals surface area contributed by atoms with Crippen LogP contribution < -0.4 is 5.32 Å². The van der Waals surface area contributed by atoms with Gasteiger partial charge in [-0.15, -0.1) is 12.4 Å². The van der Waals surface area contributed by atoms with Crippen LogP contribution in [0.4, 0.5) is 0 Å². The SMILES string of the molecule is CNCC1CN(C(C)=O)C1.Cl. The van der Waals surface area contributed by atoms with Gasteiger partial charge >= 0.3 is 0 Å². The van der Waals surface area contributed by atoms with E-state index < -0.39 is 0 Å². The molecule has 66 valence electrons. The smallest absolute Gasteiger partial charge is 0.219 e. The first kappa shape index (κ1) is 10.7. The van der Waals surface area contributed by atoms with Crippen molar-refractivity contribution in [1.82, 2.24) is 10.2 Å². The summed E-state index contributed by atoms with van der Waals surface area (Å²) < 4.78 is 0. The van der Waals surface area contributed by atoms with E-state index in [0.29, 0.717) is 5.92 Å². The molecule has 1 aliphatic rings. The maximum atomic E-state index is 10.7. The van der Waals surface area contributed by atoms with E-state index in [0.717, 1.165) is 19.6 Å². The molecule has 1 aliphatic heterocycles. The highest BCUT2D eigenvalue weighted by molar-refractivity contribution is 5.85. The highest BCUT2D eigenvalue weighted by Gasteiger charge is 2.27. The van der Waals surface area contributed by atoms with Crippen molar-refractivity contribution in [3.05, 3.63) is 0 Å². The van der Waals surface area contributed by atoms with Crippen molar-refractivity contribution >= 4 is 18.3 Å². The Morgan fingerprint density at radius 2 is 2.18 bits per heavy atom. The fourth-order valence-corrected chi connectivity index (χ4v) is 1.24. The van der Waals surface area contributed by atoms with Gasteiger partial charge in [0.05, 0.1) is 0 Å². The molecule has 3 nitrogen and oxygen atoms in total. The lowest BCUT2D eigenvalue weighted by molar-refractivity contribution is -0.134. The molecule has 0 aliphatic carbocycles. The van der Waals surface area contributed by atoms with Crippen molar-refractivity contribution in [1.29, 1.82) is 0 Å². The lowest BCUT2D eigenvalue weighted by Gasteiger charge is -2.38. The molecule has 1 amide bonds. The summed E-state index contributed by atoms with van der Waals surface area (Å²) in [6.45, 7) is 4.53. The second-order valence-corrected chi connectivity index (χ2v) is 2.85. The number of halogens is 1. The fraction of sp³-hybridized carbons (Fsp3) is 0.857. The van der Waals surface area contributed by atoms with Crippen LogP contribution in [-0.2, 0) is 4.79 Å². The van der Waals surface area contributed by atoms with Gasteiger partial charge in [-0.3, -0.25) is 4.79 Å². The van der Waals surface area contributed by atoms with Gasteiger partial charge in [-0.1, -0.05) is 0 Å². The average molecular weight is 179 g/mol. The van der Waals surface area contributed by atoms with E-state index in [1.807, 2.05) is 11.9 Å². The molecule has 1 fully saturated rings. The van der Waals surface area contributed by atoms with Crippen molar-refractivity contribution in [2.24, 2.45) is 5.92 Å². The predicted octanol–water partition coefficient (Wildman–Crippen LogP) is 0.106. The third-order valence-electron chi connectivity index (χ3n) is 1.90. The largest absolute Gasteiger partial charge is 0.342 e. The summed E-state index contributed by atoms with van der Waals surface area (Å²) >= 11 is 0. The molecular weight excluding hydrogens is 164 g/mol. The van der Waals surface area contributed by atoms with Crippen molar-refractivity contribution < 1.29 is 4.79 Å². The van der Waals surface area contributed by atoms with Crippen LogP contribution in [0.5, 0.6) is 0 Å². The molecule has 4 heteroatoms. The molecule has 1 N–H and O–H groups in total. The lowest BCUT2D eigenvalue weighted by Crippen LogP contribution is -2.52. The van der Waals surface area contributed by atoms with Crippen LogP contribution in [0.15, 0.2) is 0 Å². The molecule has 1 saturated heterocycles. The zero-order valence-corrected chi connectivity index (χ0v) is 7.78. The minimum atomic E-state index is 0. The van der Waals surface area contributed by atoms with Crippen LogP contribution in [0, 0.1) is 5.92 Å². The van der Waals surface area contributed by atoms with E-state index >= 15 is 0 Å². The number of rotatable bonds is 2. The third-order valence-corrected chi connectivity index (χ3v) is 1.90. The Hall–Kier alpha value is -0.280. The summed E-state index contributed by atoms with van der Waals surface area (Å²) in [5.74, 6) is 0.890. The standard InChI is InChI=1S/C7H14N2O.ClH/c1-6(10)9-4-7(5-9)3-8-2;/h7-8H,3-5H2,1-2H3;1H. The average Bonchev–Trinajstić information content (AvgIpc) is 1.76. The Morgan fingerprint density at radius 1 is 1.64 bits per heavy atom. The molecule has 0 aromatic rings. The molecule has 1 heterocycles. The minimum Gasteiger partial charge on any atom is -0.342 e. The lowest BCUT2D eigenvalue weighted by atomic mass is 10.0. The number of carbonyl (C=O) groups is 1. The van der Waals surface area contributed by atoms with Gasteiger partial charge in [-0.05, 0) is 7.05 Å². The molecule has 0 unspecified atom stereocenters. The Kier molecular flexibility index (Phi) is 4.45.